The SMILES string of the molecule is CNC(=O)NCc1cn(Cc2ccc(F)cc2Br)nn1. The minimum Gasteiger partial charge on any atom is -0.341 e. The van der Waals surface area contributed by atoms with E-state index < -0.39 is 0 Å². The molecule has 0 aliphatic carbocycles. The van der Waals surface area contributed by atoms with Crippen molar-refractivity contribution in [1.82, 2.24) is 25.6 Å². The number of benzene rings is 1. The minimum atomic E-state index is -0.297. The van der Waals surface area contributed by atoms with Crippen molar-refractivity contribution in [2.75, 3.05) is 7.05 Å². The predicted molar refractivity (Wildman–Crippen MR) is 74.5 cm³/mol. The molecule has 1 heterocycles. The van der Waals surface area contributed by atoms with E-state index in [9.17, 15) is 9.18 Å². The number of rotatable bonds is 4. The Labute approximate surface area is 123 Å². The van der Waals surface area contributed by atoms with E-state index in [1.165, 1.54) is 19.2 Å². The van der Waals surface area contributed by atoms with Crippen molar-refractivity contribution in [3.63, 3.8) is 0 Å². The molecule has 106 valence electrons. The maximum Gasteiger partial charge on any atom is 0.314 e. The van der Waals surface area contributed by atoms with Gasteiger partial charge in [0.1, 0.15) is 11.5 Å². The molecule has 0 atom stereocenters. The molecule has 0 aliphatic heterocycles. The first-order valence-corrected chi connectivity index (χ1v) is 6.66. The lowest BCUT2D eigenvalue weighted by Crippen LogP contribution is -2.32. The molecule has 2 N–H and O–H groups in total. The van der Waals surface area contributed by atoms with Gasteiger partial charge in [0.2, 0.25) is 0 Å². The van der Waals surface area contributed by atoms with Gasteiger partial charge in [0.05, 0.1) is 19.3 Å². The number of carbonyl (C=O) groups is 1. The van der Waals surface area contributed by atoms with Crippen LogP contribution in [0.4, 0.5) is 9.18 Å². The number of hydrogen-bond acceptors (Lipinski definition) is 3. The second kappa shape index (κ2) is 6.47. The first-order chi connectivity index (χ1) is 9.58. The first-order valence-electron chi connectivity index (χ1n) is 5.87. The smallest absolute Gasteiger partial charge is 0.314 e. The quantitative estimate of drug-likeness (QED) is 0.888. The van der Waals surface area contributed by atoms with Crippen LogP contribution in [0.1, 0.15) is 11.3 Å². The molecule has 2 aromatic rings. The van der Waals surface area contributed by atoms with E-state index in [-0.39, 0.29) is 11.8 Å². The largest absolute Gasteiger partial charge is 0.341 e. The lowest BCUT2D eigenvalue weighted by molar-refractivity contribution is 0.242. The Hall–Kier alpha value is -1.96. The van der Waals surface area contributed by atoms with Crippen molar-refractivity contribution in [3.8, 4) is 0 Å². The summed E-state index contributed by atoms with van der Waals surface area (Å²) in [5, 5.41) is 13.0. The third-order valence-corrected chi connectivity index (χ3v) is 3.33. The normalized spacial score (nSPS) is 10.3. The number of carbonyl (C=O) groups excluding carboxylic acids is 1. The van der Waals surface area contributed by atoms with Crippen LogP contribution in [0.15, 0.2) is 28.9 Å². The Balaban J connectivity index is 2.00. The van der Waals surface area contributed by atoms with Crippen LogP contribution >= 0.6 is 15.9 Å². The lowest BCUT2D eigenvalue weighted by Gasteiger charge is -2.04. The van der Waals surface area contributed by atoms with Crippen molar-refractivity contribution in [3.05, 3.63) is 45.9 Å². The standard InChI is InChI=1S/C12H13BrFN5O/c1-15-12(20)16-5-10-7-19(18-17-10)6-8-2-3-9(14)4-11(8)13/h2-4,7H,5-6H2,1H3,(H2,15,16,20). The Kier molecular flexibility index (Phi) is 4.67. The summed E-state index contributed by atoms with van der Waals surface area (Å²) in [5.41, 5.74) is 1.54. The number of urea groups is 1. The summed E-state index contributed by atoms with van der Waals surface area (Å²) < 4.78 is 15.3. The molecule has 0 saturated carbocycles. The number of amides is 2. The summed E-state index contributed by atoms with van der Waals surface area (Å²) >= 11 is 3.30. The van der Waals surface area contributed by atoms with Crippen molar-refractivity contribution in [2.24, 2.45) is 0 Å². The van der Waals surface area contributed by atoms with Gasteiger partial charge in [-0.25, -0.2) is 13.9 Å². The summed E-state index contributed by atoms with van der Waals surface area (Å²) in [5.74, 6) is -0.297. The lowest BCUT2D eigenvalue weighted by atomic mass is 10.2. The monoisotopic (exact) mass is 341 g/mol. The van der Waals surface area contributed by atoms with Crippen LogP contribution < -0.4 is 10.6 Å². The fourth-order valence-corrected chi connectivity index (χ4v) is 2.06. The van der Waals surface area contributed by atoms with Crippen LogP contribution in [-0.2, 0) is 13.1 Å². The zero-order valence-corrected chi connectivity index (χ0v) is 12.3. The number of nitrogens with zero attached hydrogens (tertiary/aromatic N) is 3. The summed E-state index contributed by atoms with van der Waals surface area (Å²) in [6.45, 7) is 0.762. The molecule has 0 saturated heterocycles. The van der Waals surface area contributed by atoms with Gasteiger partial charge < -0.3 is 10.6 Å². The molecule has 1 aromatic heterocycles. The predicted octanol–water partition coefficient (Wildman–Crippen LogP) is 1.66. The summed E-state index contributed by atoms with van der Waals surface area (Å²) in [6.07, 6.45) is 1.73. The van der Waals surface area contributed by atoms with Crippen LogP contribution in [-0.4, -0.2) is 28.1 Å². The van der Waals surface area contributed by atoms with Gasteiger partial charge >= 0.3 is 6.03 Å². The maximum atomic E-state index is 13.0. The zero-order chi connectivity index (χ0) is 14.5. The molecule has 0 bridgehead atoms. The van der Waals surface area contributed by atoms with Gasteiger partial charge in [-0.3, -0.25) is 0 Å². The second-order valence-electron chi connectivity index (χ2n) is 4.08. The first kappa shape index (κ1) is 14.4. The van der Waals surface area contributed by atoms with E-state index in [1.807, 2.05) is 0 Å². The Morgan fingerprint density at radius 2 is 2.30 bits per heavy atom. The van der Waals surface area contributed by atoms with E-state index in [1.54, 1.807) is 16.9 Å². The average Bonchev–Trinajstić information content (AvgIpc) is 2.87. The molecule has 0 spiro atoms. The molecule has 6 nitrogen and oxygen atoms in total. The number of nitrogens with one attached hydrogen (secondary N) is 2. The van der Waals surface area contributed by atoms with Gasteiger partial charge in [0, 0.05) is 11.5 Å². The van der Waals surface area contributed by atoms with Crippen molar-refractivity contribution < 1.29 is 9.18 Å². The van der Waals surface area contributed by atoms with Gasteiger partial charge in [-0.2, -0.15) is 0 Å². The highest BCUT2D eigenvalue weighted by molar-refractivity contribution is 9.10. The molecule has 0 fully saturated rings. The van der Waals surface area contributed by atoms with E-state index in [0.717, 1.165) is 5.56 Å². The number of halogens is 2. The third-order valence-electron chi connectivity index (χ3n) is 2.59. The topological polar surface area (TPSA) is 71.8 Å². The molecule has 0 aliphatic rings. The summed E-state index contributed by atoms with van der Waals surface area (Å²) in [7, 11) is 1.54. The van der Waals surface area contributed by atoms with Crippen LogP contribution in [0.2, 0.25) is 0 Å². The molecule has 2 amide bonds. The van der Waals surface area contributed by atoms with Gasteiger partial charge in [-0.1, -0.05) is 27.2 Å². The summed E-state index contributed by atoms with van der Waals surface area (Å²) in [4.78, 5) is 11.0. The van der Waals surface area contributed by atoms with Crippen LogP contribution in [0, 0.1) is 5.82 Å². The molecule has 20 heavy (non-hydrogen) atoms. The number of aromatic nitrogens is 3. The van der Waals surface area contributed by atoms with Crippen LogP contribution in [0.25, 0.3) is 0 Å². The fourth-order valence-electron chi connectivity index (χ4n) is 1.58. The molecule has 8 heteroatoms. The van der Waals surface area contributed by atoms with Crippen molar-refractivity contribution >= 4 is 22.0 Å². The maximum absolute atomic E-state index is 13.0. The van der Waals surface area contributed by atoms with E-state index >= 15 is 0 Å². The second-order valence-corrected chi connectivity index (χ2v) is 4.93. The van der Waals surface area contributed by atoms with Gasteiger partial charge in [0.15, 0.2) is 0 Å². The van der Waals surface area contributed by atoms with Gasteiger partial charge in [0.25, 0.3) is 0 Å². The Morgan fingerprint density at radius 1 is 1.50 bits per heavy atom. The highest BCUT2D eigenvalue weighted by Crippen LogP contribution is 2.18. The molecular formula is C12H13BrFN5O. The fraction of sp³-hybridized carbons (Fsp3) is 0.250. The van der Waals surface area contributed by atoms with Crippen LogP contribution in [0.5, 0.6) is 0 Å². The van der Waals surface area contributed by atoms with Gasteiger partial charge in [-0.05, 0) is 17.7 Å². The zero-order valence-electron chi connectivity index (χ0n) is 10.7. The molecule has 1 aromatic carbocycles. The highest BCUT2D eigenvalue weighted by Gasteiger charge is 2.06. The molecular weight excluding hydrogens is 329 g/mol. The summed E-state index contributed by atoms with van der Waals surface area (Å²) in [6, 6.07) is 4.20. The minimum absolute atomic E-state index is 0.277. The number of hydrogen-bond donors (Lipinski definition) is 2. The van der Waals surface area contributed by atoms with E-state index in [2.05, 4.69) is 36.9 Å². The Bertz CT molecular complexity index is 616. The molecule has 0 unspecified atom stereocenters. The Morgan fingerprint density at radius 3 is 3.00 bits per heavy atom. The van der Waals surface area contributed by atoms with E-state index in [4.69, 9.17) is 0 Å². The van der Waals surface area contributed by atoms with Crippen LogP contribution in [0.3, 0.4) is 0 Å². The molecule has 0 radical (unpaired) electrons. The highest BCUT2D eigenvalue weighted by atomic mass is 79.9. The van der Waals surface area contributed by atoms with Crippen molar-refractivity contribution in [1.29, 1.82) is 0 Å². The van der Waals surface area contributed by atoms with Crippen molar-refractivity contribution in [2.45, 2.75) is 13.1 Å². The third kappa shape index (κ3) is 3.77. The molecule has 2 rings (SSSR count). The average molecular weight is 342 g/mol. The van der Waals surface area contributed by atoms with Gasteiger partial charge in [-0.15, -0.1) is 5.10 Å². The van der Waals surface area contributed by atoms with E-state index in [0.29, 0.717) is 23.3 Å².